The largest absolute Gasteiger partial charge is 0.508 e. The van der Waals surface area contributed by atoms with Gasteiger partial charge in [-0.15, -0.1) is 0 Å². The molecular weight excluding hydrogens is 515 g/mol. The first-order valence-electron chi connectivity index (χ1n) is 11.3. The lowest BCUT2D eigenvalue weighted by molar-refractivity contribution is -0.192. The molecule has 0 saturated heterocycles. The molecule has 1 aliphatic carbocycles. The number of carbonyl (C=O) groups is 2. The maximum absolute atomic E-state index is 11.9. The van der Waals surface area contributed by atoms with E-state index in [1.54, 1.807) is 10.7 Å². The Kier molecular flexibility index (Phi) is 8.82. The van der Waals surface area contributed by atoms with Gasteiger partial charge in [-0.3, -0.25) is 4.68 Å². The summed E-state index contributed by atoms with van der Waals surface area (Å²) >= 11 is 5.95. The zero-order chi connectivity index (χ0) is 27.3. The average Bonchev–Trinajstić information content (AvgIpc) is 3.21. The highest BCUT2D eigenvalue weighted by molar-refractivity contribution is 6.30. The maximum Gasteiger partial charge on any atom is 0.490 e. The summed E-state index contributed by atoms with van der Waals surface area (Å²) < 4.78 is 33.3. The molecule has 0 fully saturated rings. The molecule has 2 aromatic carbocycles. The maximum atomic E-state index is 11.9. The standard InChI is InChI=1S/C23H24ClN3O3.C2HF3O2/c24-17-7-3-14(4-8-17)2-5-16-12-19-15(13-20(16)28)6-9-18-21(19)26-27(11-1-10-25)22(18)23(29)30;3-2(4,5)1(6)7/h3-4,7-8,12-13,28H,1-2,5-6,9-11,25H2,(H,29,30);(H,6,7). The number of halogens is 4. The quantitative estimate of drug-likeness (QED) is 0.347. The van der Waals surface area contributed by atoms with Crippen molar-refractivity contribution in [3.05, 3.63) is 69.4 Å². The number of carboxylic acids is 2. The lowest BCUT2D eigenvalue weighted by Crippen LogP contribution is -2.21. The number of fused-ring (bicyclic) bond motifs is 3. The van der Waals surface area contributed by atoms with Gasteiger partial charge >= 0.3 is 18.1 Å². The van der Waals surface area contributed by atoms with Crippen LogP contribution in [0.15, 0.2) is 36.4 Å². The van der Waals surface area contributed by atoms with Gasteiger partial charge in [-0.1, -0.05) is 23.7 Å². The number of nitrogens with zero attached hydrogens (tertiary/aromatic N) is 2. The van der Waals surface area contributed by atoms with Crippen molar-refractivity contribution in [3.8, 4) is 17.0 Å². The van der Waals surface area contributed by atoms with Crippen LogP contribution in [0.4, 0.5) is 13.2 Å². The van der Waals surface area contributed by atoms with Gasteiger partial charge in [-0.25, -0.2) is 9.59 Å². The Labute approximate surface area is 215 Å². The number of aromatic nitrogens is 2. The van der Waals surface area contributed by atoms with Crippen LogP contribution in [0.2, 0.25) is 5.02 Å². The number of aliphatic carboxylic acids is 1. The van der Waals surface area contributed by atoms with Gasteiger partial charge in [-0.05, 0) is 79.6 Å². The van der Waals surface area contributed by atoms with Crippen molar-refractivity contribution in [2.45, 2.75) is 44.8 Å². The highest BCUT2D eigenvalue weighted by Crippen LogP contribution is 2.38. The number of aromatic hydroxyl groups is 1. The van der Waals surface area contributed by atoms with Gasteiger partial charge < -0.3 is 21.1 Å². The molecule has 0 aliphatic heterocycles. The van der Waals surface area contributed by atoms with E-state index in [1.165, 1.54) is 0 Å². The fraction of sp³-hybridized carbons (Fsp3) is 0.320. The van der Waals surface area contributed by atoms with Gasteiger partial charge in [0.1, 0.15) is 11.4 Å². The Morgan fingerprint density at radius 3 is 2.30 bits per heavy atom. The number of hydrogen-bond donors (Lipinski definition) is 4. The zero-order valence-electron chi connectivity index (χ0n) is 19.6. The number of nitrogens with two attached hydrogens (primary N) is 1. The van der Waals surface area contributed by atoms with Crippen molar-refractivity contribution >= 4 is 23.5 Å². The minimum atomic E-state index is -5.08. The lowest BCUT2D eigenvalue weighted by Gasteiger charge is -2.18. The first kappa shape index (κ1) is 28.0. The number of rotatable bonds is 7. The van der Waals surface area contributed by atoms with Gasteiger partial charge in [-0.2, -0.15) is 18.3 Å². The van der Waals surface area contributed by atoms with Gasteiger partial charge in [0.2, 0.25) is 0 Å². The van der Waals surface area contributed by atoms with Crippen LogP contribution in [0.5, 0.6) is 5.75 Å². The first-order chi connectivity index (χ1) is 17.4. The molecule has 0 bridgehead atoms. The van der Waals surface area contributed by atoms with E-state index < -0.39 is 18.1 Å². The number of phenols is 1. The number of aromatic carboxylic acids is 1. The van der Waals surface area contributed by atoms with Crippen LogP contribution in [-0.2, 0) is 37.0 Å². The van der Waals surface area contributed by atoms with E-state index in [1.807, 2.05) is 30.3 Å². The predicted octanol–water partition coefficient (Wildman–Crippen LogP) is 4.47. The molecule has 1 aliphatic rings. The number of aryl methyl sites for hydroxylation is 4. The molecule has 12 heteroatoms. The van der Waals surface area contributed by atoms with Gasteiger partial charge in [0, 0.05) is 22.7 Å². The molecule has 1 heterocycles. The lowest BCUT2D eigenvalue weighted by atomic mass is 9.86. The molecule has 37 heavy (non-hydrogen) atoms. The second kappa shape index (κ2) is 11.7. The average molecular weight is 540 g/mol. The highest BCUT2D eigenvalue weighted by atomic mass is 35.5. The summed E-state index contributed by atoms with van der Waals surface area (Å²) in [5, 5.41) is 32.7. The van der Waals surface area contributed by atoms with Crippen molar-refractivity contribution in [2.24, 2.45) is 5.73 Å². The van der Waals surface area contributed by atoms with E-state index in [0.29, 0.717) is 49.5 Å². The molecule has 0 saturated carbocycles. The molecule has 0 radical (unpaired) electrons. The Morgan fingerprint density at radius 2 is 1.73 bits per heavy atom. The molecule has 198 valence electrons. The SMILES string of the molecule is NCCCn1nc2c(c1C(=O)O)CCc1cc(O)c(CCc3ccc(Cl)cc3)cc1-2.O=C(O)C(F)(F)F. The van der Waals surface area contributed by atoms with E-state index in [4.69, 9.17) is 27.2 Å². The molecule has 4 rings (SSSR count). The Hall–Kier alpha value is -3.57. The molecule has 0 atom stereocenters. The number of benzene rings is 2. The summed E-state index contributed by atoms with van der Waals surface area (Å²) in [5.74, 6) is -3.45. The molecular formula is C25H25ClF3N3O5. The number of carboxylic acid groups (broad SMARTS) is 2. The summed E-state index contributed by atoms with van der Waals surface area (Å²) in [6.45, 7) is 0.949. The molecule has 0 spiro atoms. The van der Waals surface area contributed by atoms with Crippen LogP contribution >= 0.6 is 11.6 Å². The van der Waals surface area contributed by atoms with E-state index in [0.717, 1.165) is 34.2 Å². The van der Waals surface area contributed by atoms with Crippen molar-refractivity contribution in [3.63, 3.8) is 0 Å². The molecule has 5 N–H and O–H groups in total. The van der Waals surface area contributed by atoms with E-state index in [2.05, 4.69) is 5.10 Å². The third-order valence-electron chi connectivity index (χ3n) is 5.87. The van der Waals surface area contributed by atoms with Crippen LogP contribution in [0.3, 0.4) is 0 Å². The van der Waals surface area contributed by atoms with Crippen molar-refractivity contribution < 1.29 is 38.1 Å². The van der Waals surface area contributed by atoms with Gasteiger partial charge in [0.15, 0.2) is 0 Å². The van der Waals surface area contributed by atoms with Gasteiger partial charge in [0.25, 0.3) is 0 Å². The molecule has 3 aromatic rings. The van der Waals surface area contributed by atoms with E-state index in [-0.39, 0.29) is 11.4 Å². The number of alkyl halides is 3. The summed E-state index contributed by atoms with van der Waals surface area (Å²) in [5.41, 5.74) is 11.2. The molecule has 8 nitrogen and oxygen atoms in total. The zero-order valence-corrected chi connectivity index (χ0v) is 20.3. The number of phenolic OH excluding ortho intramolecular Hbond substituents is 1. The Morgan fingerprint density at radius 1 is 1.08 bits per heavy atom. The Bertz CT molecular complexity index is 1290. The van der Waals surface area contributed by atoms with E-state index in [9.17, 15) is 28.2 Å². The number of hydrogen-bond acceptors (Lipinski definition) is 5. The van der Waals surface area contributed by atoms with Crippen LogP contribution < -0.4 is 5.73 Å². The summed E-state index contributed by atoms with van der Waals surface area (Å²) in [4.78, 5) is 20.8. The third kappa shape index (κ3) is 6.80. The fourth-order valence-electron chi connectivity index (χ4n) is 4.09. The fourth-order valence-corrected chi connectivity index (χ4v) is 4.21. The summed E-state index contributed by atoms with van der Waals surface area (Å²) in [6, 6.07) is 11.4. The minimum Gasteiger partial charge on any atom is -0.508 e. The predicted molar refractivity (Wildman–Crippen MR) is 130 cm³/mol. The van der Waals surface area contributed by atoms with Crippen LogP contribution in [0.25, 0.3) is 11.3 Å². The van der Waals surface area contributed by atoms with E-state index >= 15 is 0 Å². The van der Waals surface area contributed by atoms with Crippen molar-refractivity contribution in [1.29, 1.82) is 0 Å². The third-order valence-corrected chi connectivity index (χ3v) is 6.12. The second-order valence-electron chi connectivity index (χ2n) is 8.41. The normalized spacial score (nSPS) is 12.2. The molecule has 0 amide bonds. The molecule has 0 unspecified atom stereocenters. The second-order valence-corrected chi connectivity index (χ2v) is 8.85. The smallest absolute Gasteiger partial charge is 0.490 e. The summed E-state index contributed by atoms with van der Waals surface area (Å²) in [6.07, 6.45) is -1.72. The highest BCUT2D eigenvalue weighted by Gasteiger charge is 2.38. The monoisotopic (exact) mass is 539 g/mol. The summed E-state index contributed by atoms with van der Waals surface area (Å²) in [7, 11) is 0. The van der Waals surface area contributed by atoms with Crippen LogP contribution in [-0.4, -0.2) is 49.8 Å². The molecule has 1 aromatic heterocycles. The van der Waals surface area contributed by atoms with Crippen molar-refractivity contribution in [1.82, 2.24) is 9.78 Å². The van der Waals surface area contributed by atoms with Crippen LogP contribution in [0.1, 0.15) is 39.2 Å². The van der Waals surface area contributed by atoms with Crippen LogP contribution in [0, 0.1) is 0 Å². The van der Waals surface area contributed by atoms with Crippen molar-refractivity contribution in [2.75, 3.05) is 6.54 Å². The topological polar surface area (TPSA) is 139 Å². The Balaban J connectivity index is 0.000000479. The van der Waals surface area contributed by atoms with Gasteiger partial charge in [0.05, 0.1) is 5.69 Å². The first-order valence-corrected chi connectivity index (χ1v) is 11.7. The minimum absolute atomic E-state index is 0.250.